The number of hydrogen-bond donors (Lipinski definition) is 4. The monoisotopic (exact) mass is 488 g/mol. The third-order valence-electron chi connectivity index (χ3n) is 13.2. The minimum atomic E-state index is -1.32. The van der Waals surface area contributed by atoms with E-state index in [-0.39, 0.29) is 33.7 Å². The minimum absolute atomic E-state index is 0.00168. The van der Waals surface area contributed by atoms with Crippen molar-refractivity contribution in [1.29, 1.82) is 0 Å². The van der Waals surface area contributed by atoms with Crippen molar-refractivity contribution in [1.82, 2.24) is 0 Å². The summed E-state index contributed by atoms with van der Waals surface area (Å²) >= 11 is 0. The fraction of sp³-hybridized carbons (Fsp3) is 0.900. The van der Waals surface area contributed by atoms with Gasteiger partial charge < -0.3 is 20.4 Å². The van der Waals surface area contributed by atoms with E-state index in [2.05, 4.69) is 54.5 Å². The topological polar surface area (TPSA) is 98.0 Å². The van der Waals surface area contributed by atoms with Gasteiger partial charge in [-0.1, -0.05) is 60.1 Å². The summed E-state index contributed by atoms with van der Waals surface area (Å²) in [6.07, 6.45) is 6.03. The van der Waals surface area contributed by atoms with Crippen molar-refractivity contribution in [2.75, 3.05) is 0 Å². The van der Waals surface area contributed by atoms with Crippen LogP contribution in [-0.4, -0.2) is 44.7 Å². The molecular weight excluding hydrogens is 440 g/mol. The summed E-state index contributed by atoms with van der Waals surface area (Å²) in [7, 11) is 0. The maximum atomic E-state index is 12.8. The Morgan fingerprint density at radius 3 is 2.14 bits per heavy atom. The number of aliphatic carboxylic acids is 1. The average molecular weight is 489 g/mol. The third kappa shape index (κ3) is 2.90. The highest BCUT2D eigenvalue weighted by Crippen LogP contribution is 2.75. The van der Waals surface area contributed by atoms with Crippen LogP contribution in [0.2, 0.25) is 0 Å². The summed E-state index contributed by atoms with van der Waals surface area (Å²) in [4.78, 5) is 12.8. The molecule has 0 heterocycles. The van der Waals surface area contributed by atoms with Crippen LogP contribution < -0.4 is 0 Å². The molecule has 0 aromatic rings. The Kier molecular flexibility index (Phi) is 5.40. The Morgan fingerprint density at radius 2 is 1.51 bits per heavy atom. The van der Waals surface area contributed by atoms with Gasteiger partial charge in [-0.2, -0.15) is 0 Å². The number of carbonyl (C=O) groups is 1. The maximum Gasteiger partial charge on any atom is 0.313 e. The second-order valence-corrected chi connectivity index (χ2v) is 15.2. The van der Waals surface area contributed by atoms with E-state index in [0.29, 0.717) is 18.3 Å². The van der Waals surface area contributed by atoms with E-state index in [1.54, 1.807) is 0 Å². The van der Waals surface area contributed by atoms with Crippen LogP contribution in [0.4, 0.5) is 0 Å². The molecule has 10 atom stereocenters. The number of fused-ring (bicyclic) bond motifs is 7. The van der Waals surface area contributed by atoms with Crippen molar-refractivity contribution in [3.05, 3.63) is 11.6 Å². The van der Waals surface area contributed by atoms with Gasteiger partial charge in [-0.3, -0.25) is 4.79 Å². The van der Waals surface area contributed by atoms with E-state index in [4.69, 9.17) is 0 Å². The molecule has 198 valence electrons. The lowest BCUT2D eigenvalue weighted by atomic mass is 9.32. The zero-order valence-corrected chi connectivity index (χ0v) is 22.9. The van der Waals surface area contributed by atoms with Crippen molar-refractivity contribution in [2.24, 2.45) is 50.2 Å². The number of aliphatic hydroxyl groups excluding tert-OH is 3. The molecule has 0 aromatic carbocycles. The molecule has 0 aliphatic heterocycles. The molecule has 0 unspecified atom stereocenters. The molecule has 4 N–H and O–H groups in total. The van der Waals surface area contributed by atoms with E-state index >= 15 is 0 Å². The predicted octanol–water partition coefficient (Wildman–Crippen LogP) is 5.18. The molecule has 5 heteroatoms. The number of aliphatic hydroxyl groups is 3. The Morgan fingerprint density at radius 1 is 0.857 bits per heavy atom. The van der Waals surface area contributed by atoms with E-state index in [0.717, 1.165) is 50.5 Å². The molecule has 4 saturated carbocycles. The first-order chi connectivity index (χ1) is 16.0. The first-order valence-corrected chi connectivity index (χ1v) is 14.0. The molecule has 5 nitrogen and oxygen atoms in total. The molecular formula is C30H48O5. The second-order valence-electron chi connectivity index (χ2n) is 15.2. The zero-order valence-electron chi connectivity index (χ0n) is 22.9. The number of carboxylic acids is 1. The van der Waals surface area contributed by atoms with Crippen LogP contribution in [0, 0.1) is 50.2 Å². The summed E-state index contributed by atoms with van der Waals surface area (Å²) in [6, 6.07) is 0. The largest absolute Gasteiger partial charge is 0.481 e. The fourth-order valence-electron chi connectivity index (χ4n) is 10.8. The number of allylic oxidation sites excluding steroid dienone is 1. The summed E-state index contributed by atoms with van der Waals surface area (Å²) in [5.41, 5.74) is -1.29. The summed E-state index contributed by atoms with van der Waals surface area (Å²) in [5.74, 6) is -0.517. The first kappa shape index (κ1) is 25.7. The number of rotatable bonds is 1. The molecule has 0 spiro atoms. The lowest BCUT2D eigenvalue weighted by Crippen LogP contribution is -2.72. The molecule has 5 rings (SSSR count). The molecule has 5 aliphatic carbocycles. The van der Waals surface area contributed by atoms with Gasteiger partial charge in [0, 0.05) is 5.41 Å². The van der Waals surface area contributed by atoms with Gasteiger partial charge in [0.05, 0.1) is 18.3 Å². The highest BCUT2D eigenvalue weighted by atomic mass is 16.4. The van der Waals surface area contributed by atoms with Crippen LogP contribution in [0.25, 0.3) is 0 Å². The Hall–Kier alpha value is -0.910. The molecule has 0 radical (unpaired) electrons. The molecule has 4 fully saturated rings. The third-order valence-corrected chi connectivity index (χ3v) is 13.2. The van der Waals surface area contributed by atoms with Crippen LogP contribution in [0.5, 0.6) is 0 Å². The lowest BCUT2D eigenvalue weighted by molar-refractivity contribution is -0.251. The zero-order chi connectivity index (χ0) is 26.0. The van der Waals surface area contributed by atoms with Crippen LogP contribution >= 0.6 is 0 Å². The number of hydrogen-bond acceptors (Lipinski definition) is 4. The SMILES string of the molecule is CC1(C)CC[C@]2(C(=O)O)[C@H](O)[C@H](O)[C@]3(C)C(=CC[C@H]4[C@@]5(C)CC[C@H](O)C(C)(C)[C@@H]5CC[C@]43C)[C@@H]2C1. The second kappa shape index (κ2) is 7.35. The molecule has 0 bridgehead atoms. The van der Waals surface area contributed by atoms with E-state index in [1.165, 1.54) is 0 Å². The van der Waals surface area contributed by atoms with Gasteiger partial charge in [-0.25, -0.2) is 0 Å². The van der Waals surface area contributed by atoms with Gasteiger partial charge in [-0.05, 0) is 90.8 Å². The van der Waals surface area contributed by atoms with Gasteiger partial charge in [0.2, 0.25) is 0 Å². The van der Waals surface area contributed by atoms with Gasteiger partial charge in [0.15, 0.2) is 0 Å². The lowest BCUT2D eigenvalue weighted by Gasteiger charge is -2.72. The van der Waals surface area contributed by atoms with Crippen molar-refractivity contribution in [3.63, 3.8) is 0 Å². The minimum Gasteiger partial charge on any atom is -0.481 e. The van der Waals surface area contributed by atoms with Crippen molar-refractivity contribution >= 4 is 5.97 Å². The highest BCUT2D eigenvalue weighted by Gasteiger charge is 2.74. The van der Waals surface area contributed by atoms with Gasteiger partial charge in [0.25, 0.3) is 0 Å². The quantitative estimate of drug-likeness (QED) is 0.382. The Bertz CT molecular complexity index is 952. The van der Waals surface area contributed by atoms with Gasteiger partial charge in [0.1, 0.15) is 5.41 Å². The average Bonchev–Trinajstić information content (AvgIpc) is 2.75. The summed E-state index contributed by atoms with van der Waals surface area (Å²) < 4.78 is 0. The molecule has 0 amide bonds. The molecule has 0 saturated heterocycles. The predicted molar refractivity (Wildman–Crippen MR) is 135 cm³/mol. The first-order valence-electron chi connectivity index (χ1n) is 14.0. The van der Waals surface area contributed by atoms with E-state index < -0.39 is 29.0 Å². The van der Waals surface area contributed by atoms with Crippen molar-refractivity contribution < 1.29 is 25.2 Å². The molecule has 35 heavy (non-hydrogen) atoms. The highest BCUT2D eigenvalue weighted by molar-refractivity contribution is 5.78. The Labute approximate surface area is 211 Å². The van der Waals surface area contributed by atoms with Crippen molar-refractivity contribution in [2.45, 2.75) is 118 Å². The normalized spacial score (nSPS) is 54.4. The van der Waals surface area contributed by atoms with Crippen LogP contribution in [0.15, 0.2) is 11.6 Å². The van der Waals surface area contributed by atoms with Gasteiger partial charge >= 0.3 is 5.97 Å². The van der Waals surface area contributed by atoms with Gasteiger partial charge in [-0.15, -0.1) is 0 Å². The van der Waals surface area contributed by atoms with Crippen LogP contribution in [0.3, 0.4) is 0 Å². The molecule has 5 aliphatic rings. The fourth-order valence-corrected chi connectivity index (χ4v) is 10.8. The Balaban J connectivity index is 1.67. The van der Waals surface area contributed by atoms with E-state index in [9.17, 15) is 25.2 Å². The van der Waals surface area contributed by atoms with Crippen molar-refractivity contribution in [3.8, 4) is 0 Å². The molecule has 0 aromatic heterocycles. The summed E-state index contributed by atoms with van der Waals surface area (Å²) in [6.45, 7) is 15.7. The van der Waals surface area contributed by atoms with Crippen LogP contribution in [-0.2, 0) is 4.79 Å². The van der Waals surface area contributed by atoms with Crippen LogP contribution in [0.1, 0.15) is 99.8 Å². The standard InChI is InChI=1S/C30H48O5/c1-25(2)14-15-30(24(34)35)18(16-25)17-8-9-20-27(5)12-11-21(31)26(3,4)19(27)10-13-28(20,6)29(17,7)22(32)23(30)33/h8,18-23,31-33H,9-16H2,1-7H3,(H,34,35)/t18-,19-,20-,21-,22-,23+,27-,28+,29-,30+/m0/s1. The number of carboxylic acid groups (broad SMARTS) is 1. The summed E-state index contributed by atoms with van der Waals surface area (Å²) in [5, 5.41) is 45.0. The maximum absolute atomic E-state index is 12.8. The van der Waals surface area contributed by atoms with E-state index in [1.807, 2.05) is 0 Å². The smallest absolute Gasteiger partial charge is 0.313 e.